The Hall–Kier alpha value is -0.830. The molecule has 0 N–H and O–H groups in total. The van der Waals surface area contributed by atoms with Gasteiger partial charge in [0, 0.05) is 28.8 Å². The highest BCUT2D eigenvalue weighted by Crippen LogP contribution is 2.29. The minimum absolute atomic E-state index is 0.696. The number of carbonyl (C=O) groups excluding carboxylic acids is 1. The van der Waals surface area contributed by atoms with Gasteiger partial charge in [-0.25, -0.2) is 0 Å². The quantitative estimate of drug-likeness (QED) is 0.775. The minimum atomic E-state index is 0.696. The highest BCUT2D eigenvalue weighted by atomic mass is 79.9. The molecule has 92 valence electrons. The second-order valence-corrected chi connectivity index (χ2v) is 6.09. The summed E-state index contributed by atoms with van der Waals surface area (Å²) in [6, 6.07) is 5.94. The molecule has 2 nitrogen and oxygen atoms in total. The van der Waals surface area contributed by atoms with E-state index in [9.17, 15) is 4.79 Å². The predicted molar refractivity (Wildman–Crippen MR) is 74.7 cm³/mol. The number of hydrogen-bond donors (Lipinski definition) is 0. The molecule has 0 spiro atoms. The molecular formula is C14H18BrNO. The molecule has 0 aromatic heterocycles. The lowest BCUT2D eigenvalue weighted by Crippen LogP contribution is -2.39. The minimum Gasteiger partial charge on any atom is -0.370 e. The first kappa shape index (κ1) is 12.6. The topological polar surface area (TPSA) is 20.3 Å². The van der Waals surface area contributed by atoms with Crippen molar-refractivity contribution >= 4 is 27.9 Å². The lowest BCUT2D eigenvalue weighted by Gasteiger charge is -2.37. The molecule has 0 radical (unpaired) electrons. The third kappa shape index (κ3) is 2.89. The van der Waals surface area contributed by atoms with E-state index in [0.29, 0.717) is 11.8 Å². The van der Waals surface area contributed by atoms with Gasteiger partial charge >= 0.3 is 0 Å². The Labute approximate surface area is 111 Å². The summed E-state index contributed by atoms with van der Waals surface area (Å²) in [4.78, 5) is 13.5. The number of anilines is 1. The fraction of sp³-hybridized carbons (Fsp3) is 0.500. The Bertz CT molecular complexity index is 409. The molecule has 2 atom stereocenters. The first-order valence-corrected chi connectivity index (χ1v) is 6.89. The van der Waals surface area contributed by atoms with Crippen LogP contribution in [0.1, 0.15) is 30.6 Å². The van der Waals surface area contributed by atoms with Gasteiger partial charge in [0.1, 0.15) is 0 Å². The molecule has 3 heteroatoms. The Morgan fingerprint density at radius 2 is 1.94 bits per heavy atom. The van der Waals surface area contributed by atoms with Gasteiger partial charge in [-0.2, -0.15) is 0 Å². The van der Waals surface area contributed by atoms with Gasteiger partial charge in [0.15, 0.2) is 6.29 Å². The summed E-state index contributed by atoms with van der Waals surface area (Å²) in [6.07, 6.45) is 2.23. The molecule has 1 aromatic carbocycles. The number of halogens is 1. The van der Waals surface area contributed by atoms with Crippen molar-refractivity contribution in [2.75, 3.05) is 18.0 Å². The molecule has 2 unspecified atom stereocenters. The second-order valence-electron chi connectivity index (χ2n) is 5.17. The number of hydrogen-bond acceptors (Lipinski definition) is 2. The fourth-order valence-corrected chi connectivity index (χ4v) is 3.15. The summed E-state index contributed by atoms with van der Waals surface area (Å²) < 4.78 is 0.960. The second kappa shape index (κ2) is 5.21. The van der Waals surface area contributed by atoms with Crippen LogP contribution < -0.4 is 4.90 Å². The Kier molecular flexibility index (Phi) is 3.87. The van der Waals surface area contributed by atoms with Crippen molar-refractivity contribution in [3.05, 3.63) is 28.2 Å². The zero-order valence-electron chi connectivity index (χ0n) is 10.3. The van der Waals surface area contributed by atoms with Crippen LogP contribution in [0.25, 0.3) is 0 Å². The molecule has 1 aliphatic rings. The molecule has 0 bridgehead atoms. The summed E-state index contributed by atoms with van der Waals surface area (Å²) >= 11 is 3.41. The van der Waals surface area contributed by atoms with Crippen molar-refractivity contribution < 1.29 is 4.79 Å². The van der Waals surface area contributed by atoms with Gasteiger partial charge in [-0.3, -0.25) is 4.79 Å². The van der Waals surface area contributed by atoms with E-state index < -0.39 is 0 Å². The SMILES string of the molecule is CC1CC(C)CN(c2ccc(Br)cc2C=O)C1. The van der Waals surface area contributed by atoms with Crippen LogP contribution in [0.2, 0.25) is 0 Å². The van der Waals surface area contributed by atoms with Crippen molar-refractivity contribution in [2.45, 2.75) is 20.3 Å². The van der Waals surface area contributed by atoms with Crippen molar-refractivity contribution in [3.8, 4) is 0 Å². The lowest BCUT2D eigenvalue weighted by atomic mass is 9.91. The van der Waals surface area contributed by atoms with Gasteiger partial charge < -0.3 is 4.90 Å². The van der Waals surface area contributed by atoms with E-state index in [1.165, 1.54) is 6.42 Å². The van der Waals surface area contributed by atoms with Crippen LogP contribution in [0.4, 0.5) is 5.69 Å². The summed E-state index contributed by atoms with van der Waals surface area (Å²) in [5, 5.41) is 0. The molecule has 0 amide bonds. The molecule has 2 rings (SSSR count). The van der Waals surface area contributed by atoms with E-state index in [1.54, 1.807) is 0 Å². The fourth-order valence-electron chi connectivity index (χ4n) is 2.77. The summed E-state index contributed by atoms with van der Waals surface area (Å²) in [5.74, 6) is 1.39. The largest absolute Gasteiger partial charge is 0.370 e. The summed E-state index contributed by atoms with van der Waals surface area (Å²) in [7, 11) is 0. The Balaban J connectivity index is 2.29. The first-order chi connectivity index (χ1) is 8.10. The van der Waals surface area contributed by atoms with E-state index in [1.807, 2.05) is 18.2 Å². The monoisotopic (exact) mass is 295 g/mol. The maximum Gasteiger partial charge on any atom is 0.152 e. The van der Waals surface area contributed by atoms with Crippen LogP contribution in [-0.2, 0) is 0 Å². The molecule has 0 saturated carbocycles. The van der Waals surface area contributed by atoms with Crippen molar-refractivity contribution in [1.29, 1.82) is 0 Å². The Morgan fingerprint density at radius 1 is 1.29 bits per heavy atom. The van der Waals surface area contributed by atoms with Gasteiger partial charge in [-0.05, 0) is 36.5 Å². The van der Waals surface area contributed by atoms with Crippen LogP contribution in [0.5, 0.6) is 0 Å². The third-order valence-corrected chi connectivity index (χ3v) is 3.82. The lowest BCUT2D eigenvalue weighted by molar-refractivity contribution is 0.112. The first-order valence-electron chi connectivity index (χ1n) is 6.10. The number of benzene rings is 1. The van der Waals surface area contributed by atoms with Crippen LogP contribution >= 0.6 is 15.9 Å². The van der Waals surface area contributed by atoms with E-state index in [4.69, 9.17) is 0 Å². The molecular weight excluding hydrogens is 278 g/mol. The Morgan fingerprint density at radius 3 is 2.53 bits per heavy atom. The van der Waals surface area contributed by atoms with E-state index in [2.05, 4.69) is 34.7 Å². The average molecular weight is 296 g/mol. The van der Waals surface area contributed by atoms with Crippen molar-refractivity contribution in [1.82, 2.24) is 0 Å². The number of nitrogens with zero attached hydrogens (tertiary/aromatic N) is 1. The third-order valence-electron chi connectivity index (χ3n) is 3.33. The number of piperidine rings is 1. The van der Waals surface area contributed by atoms with Crippen LogP contribution in [0.3, 0.4) is 0 Å². The number of rotatable bonds is 2. The van der Waals surface area contributed by atoms with E-state index >= 15 is 0 Å². The van der Waals surface area contributed by atoms with Crippen LogP contribution in [0.15, 0.2) is 22.7 Å². The van der Waals surface area contributed by atoms with Gasteiger partial charge in [-0.15, -0.1) is 0 Å². The van der Waals surface area contributed by atoms with Gasteiger partial charge in [0.25, 0.3) is 0 Å². The molecule has 1 fully saturated rings. The van der Waals surface area contributed by atoms with Crippen LogP contribution in [-0.4, -0.2) is 19.4 Å². The highest BCUT2D eigenvalue weighted by Gasteiger charge is 2.23. The van der Waals surface area contributed by atoms with E-state index in [-0.39, 0.29) is 0 Å². The van der Waals surface area contributed by atoms with E-state index in [0.717, 1.165) is 35.1 Å². The smallest absolute Gasteiger partial charge is 0.152 e. The maximum absolute atomic E-state index is 11.1. The molecule has 1 aliphatic heterocycles. The van der Waals surface area contributed by atoms with Gasteiger partial charge in [0.05, 0.1) is 0 Å². The maximum atomic E-state index is 11.1. The number of aldehydes is 1. The molecule has 0 aliphatic carbocycles. The van der Waals surface area contributed by atoms with Crippen molar-refractivity contribution in [3.63, 3.8) is 0 Å². The zero-order valence-corrected chi connectivity index (χ0v) is 11.9. The molecule has 1 heterocycles. The van der Waals surface area contributed by atoms with Crippen molar-refractivity contribution in [2.24, 2.45) is 11.8 Å². The summed E-state index contributed by atoms with van der Waals surface area (Å²) in [6.45, 7) is 6.66. The average Bonchev–Trinajstić information content (AvgIpc) is 2.27. The zero-order chi connectivity index (χ0) is 12.4. The number of carbonyl (C=O) groups is 1. The normalized spacial score (nSPS) is 24.8. The predicted octanol–water partition coefficient (Wildman–Crippen LogP) is 3.74. The van der Waals surface area contributed by atoms with Crippen LogP contribution in [0, 0.1) is 11.8 Å². The van der Waals surface area contributed by atoms with Gasteiger partial charge in [-0.1, -0.05) is 29.8 Å². The molecule has 1 aromatic rings. The highest BCUT2D eigenvalue weighted by molar-refractivity contribution is 9.10. The van der Waals surface area contributed by atoms with Gasteiger partial charge in [0.2, 0.25) is 0 Å². The molecule has 1 saturated heterocycles. The summed E-state index contributed by atoms with van der Waals surface area (Å²) in [5.41, 5.74) is 1.85. The standard InChI is InChI=1S/C14H18BrNO/c1-10-5-11(2)8-16(7-10)14-4-3-13(15)6-12(14)9-17/h3-4,6,9-11H,5,7-8H2,1-2H3. The molecule has 17 heavy (non-hydrogen) atoms.